The first-order valence-corrected chi connectivity index (χ1v) is 5.86. The van der Waals surface area contributed by atoms with Gasteiger partial charge in [0.05, 0.1) is 32.8 Å². The first-order chi connectivity index (χ1) is 8.15. The highest BCUT2D eigenvalue weighted by molar-refractivity contribution is 5.69. The van der Waals surface area contributed by atoms with Crippen LogP contribution in [-0.2, 0) is 9.53 Å². The van der Waals surface area contributed by atoms with Gasteiger partial charge in [-0.25, -0.2) is 0 Å². The summed E-state index contributed by atoms with van der Waals surface area (Å²) in [6.45, 7) is 1.96. The monoisotopic (exact) mass is 247 g/mol. The van der Waals surface area contributed by atoms with Crippen LogP contribution >= 0.6 is 0 Å². The van der Waals surface area contributed by atoms with E-state index in [2.05, 4.69) is 4.90 Å². The quantitative estimate of drug-likeness (QED) is 0.342. The Labute approximate surface area is 101 Å². The predicted octanol–water partition coefficient (Wildman–Crippen LogP) is -1.41. The molecule has 0 aromatic heterocycles. The Hall–Kier alpha value is -0.690. The number of esters is 1. The fourth-order valence-electron chi connectivity index (χ4n) is 1.38. The molecule has 1 aliphatic rings. The van der Waals surface area contributed by atoms with E-state index in [1.165, 1.54) is 0 Å². The first kappa shape index (κ1) is 14.4. The number of carbonyl (C=O) groups excluding carboxylic acids is 1. The molecule has 0 saturated carbocycles. The molecule has 1 rings (SSSR count). The highest BCUT2D eigenvalue weighted by Crippen LogP contribution is 2.19. The van der Waals surface area contributed by atoms with Crippen molar-refractivity contribution in [3.63, 3.8) is 0 Å². The second kappa shape index (κ2) is 6.90. The highest BCUT2D eigenvalue weighted by Gasteiger charge is 2.28. The minimum absolute atomic E-state index is 0.112. The average Bonchev–Trinajstić information content (AvgIpc) is 3.17. The molecular formula is C11H21NO5. The van der Waals surface area contributed by atoms with Crippen LogP contribution < -0.4 is 0 Å². The molecule has 1 heterocycles. The van der Waals surface area contributed by atoms with Crippen molar-refractivity contribution in [2.45, 2.75) is 12.8 Å². The molecule has 0 atom stereocenters. The van der Waals surface area contributed by atoms with E-state index in [0.29, 0.717) is 6.42 Å². The number of aliphatic hydroxyl groups is 3. The van der Waals surface area contributed by atoms with Gasteiger partial charge < -0.3 is 25.0 Å². The molecule has 0 spiro atoms. The minimum atomic E-state index is -0.958. The van der Waals surface area contributed by atoms with Gasteiger partial charge in [0.25, 0.3) is 0 Å². The molecule has 0 aromatic carbocycles. The molecule has 6 nitrogen and oxygen atoms in total. The number of hydrogen-bond acceptors (Lipinski definition) is 6. The van der Waals surface area contributed by atoms with Gasteiger partial charge in [0.1, 0.15) is 0 Å². The molecule has 1 saturated heterocycles. The maximum absolute atomic E-state index is 11.3. The van der Waals surface area contributed by atoms with Gasteiger partial charge in [0.15, 0.2) is 0 Å². The van der Waals surface area contributed by atoms with Crippen molar-refractivity contribution in [1.82, 2.24) is 4.90 Å². The molecule has 17 heavy (non-hydrogen) atoms. The van der Waals surface area contributed by atoms with E-state index in [1.807, 2.05) is 0 Å². The summed E-state index contributed by atoms with van der Waals surface area (Å²) in [6.07, 6.45) is 0.621. The number of aliphatic hydroxyl groups excluding tert-OH is 3. The van der Waals surface area contributed by atoms with Crippen LogP contribution in [0.25, 0.3) is 0 Å². The van der Waals surface area contributed by atoms with Crippen LogP contribution in [0.5, 0.6) is 0 Å². The number of nitrogens with zero attached hydrogens (tertiary/aromatic N) is 1. The van der Waals surface area contributed by atoms with Crippen molar-refractivity contribution >= 4 is 5.97 Å². The zero-order valence-corrected chi connectivity index (χ0v) is 9.97. The molecule has 0 radical (unpaired) electrons. The third-order valence-electron chi connectivity index (χ3n) is 3.07. The summed E-state index contributed by atoms with van der Waals surface area (Å²) in [7, 11) is 0. The number of rotatable bonds is 9. The van der Waals surface area contributed by atoms with E-state index in [1.54, 1.807) is 0 Å². The zero-order chi connectivity index (χ0) is 12.7. The largest absolute Gasteiger partial charge is 0.466 e. The molecule has 3 N–H and O–H groups in total. The molecule has 1 fully saturated rings. The van der Waals surface area contributed by atoms with E-state index >= 15 is 0 Å². The van der Waals surface area contributed by atoms with E-state index in [4.69, 9.17) is 20.1 Å². The zero-order valence-electron chi connectivity index (χ0n) is 9.97. The smallest absolute Gasteiger partial charge is 0.307 e. The predicted molar refractivity (Wildman–Crippen MR) is 60.3 cm³/mol. The maximum atomic E-state index is 11.3. The third-order valence-corrected chi connectivity index (χ3v) is 3.07. The van der Waals surface area contributed by atoms with Gasteiger partial charge in [-0.15, -0.1) is 0 Å². The molecule has 0 unspecified atom stereocenters. The molecule has 0 amide bonds. The molecular weight excluding hydrogens is 226 g/mol. The van der Waals surface area contributed by atoms with Crippen LogP contribution in [0.4, 0.5) is 0 Å². The lowest BCUT2D eigenvalue weighted by Gasteiger charge is -2.26. The summed E-state index contributed by atoms with van der Waals surface area (Å²) in [5.41, 5.74) is -0.958. The van der Waals surface area contributed by atoms with E-state index in [-0.39, 0.29) is 38.8 Å². The molecule has 100 valence electrons. The molecule has 0 aromatic rings. The van der Waals surface area contributed by atoms with Gasteiger partial charge in [0.2, 0.25) is 0 Å². The Kier molecular flexibility index (Phi) is 5.84. The standard InChI is InChI=1S/C11H21NO5/c13-7-11(8-14,9-15)2-6-17-10(16)1-3-12-4-5-12/h13-15H,1-9H2. The van der Waals surface area contributed by atoms with Crippen molar-refractivity contribution in [3.05, 3.63) is 0 Å². The van der Waals surface area contributed by atoms with Gasteiger partial charge in [-0.3, -0.25) is 4.79 Å². The molecule has 6 heteroatoms. The van der Waals surface area contributed by atoms with Crippen LogP contribution in [0.1, 0.15) is 12.8 Å². The van der Waals surface area contributed by atoms with E-state index in [9.17, 15) is 4.79 Å². The van der Waals surface area contributed by atoms with Crippen molar-refractivity contribution in [3.8, 4) is 0 Å². The van der Waals surface area contributed by atoms with Crippen LogP contribution in [0.3, 0.4) is 0 Å². The number of hydrogen-bond donors (Lipinski definition) is 3. The number of ether oxygens (including phenoxy) is 1. The second-order valence-corrected chi connectivity index (χ2v) is 4.54. The maximum Gasteiger partial charge on any atom is 0.307 e. The fourth-order valence-corrected chi connectivity index (χ4v) is 1.38. The summed E-state index contributed by atoms with van der Waals surface area (Å²) in [4.78, 5) is 13.4. The summed E-state index contributed by atoms with van der Waals surface area (Å²) in [5.74, 6) is -0.278. The lowest BCUT2D eigenvalue weighted by Crippen LogP contribution is -2.35. The van der Waals surface area contributed by atoms with Gasteiger partial charge in [-0.1, -0.05) is 0 Å². The average molecular weight is 247 g/mol. The normalized spacial score (nSPS) is 15.9. The number of carbonyl (C=O) groups is 1. The molecule has 0 aliphatic carbocycles. The first-order valence-electron chi connectivity index (χ1n) is 5.86. The van der Waals surface area contributed by atoms with Crippen molar-refractivity contribution in [1.29, 1.82) is 0 Å². The molecule has 1 aliphatic heterocycles. The van der Waals surface area contributed by atoms with Crippen LogP contribution in [0, 0.1) is 5.41 Å². The SMILES string of the molecule is O=C(CCN1CC1)OCCC(CO)(CO)CO. The van der Waals surface area contributed by atoms with E-state index < -0.39 is 5.41 Å². The third kappa shape index (κ3) is 4.99. The molecule has 0 bridgehead atoms. The Morgan fingerprint density at radius 2 is 1.76 bits per heavy atom. The van der Waals surface area contributed by atoms with Crippen LogP contribution in [-0.4, -0.2) is 72.3 Å². The summed E-state index contributed by atoms with van der Waals surface area (Å²) in [6, 6.07) is 0. The van der Waals surface area contributed by atoms with Crippen LogP contribution in [0.15, 0.2) is 0 Å². The fraction of sp³-hybridized carbons (Fsp3) is 0.909. The Balaban J connectivity index is 2.13. The van der Waals surface area contributed by atoms with Gasteiger partial charge >= 0.3 is 5.97 Å². The summed E-state index contributed by atoms with van der Waals surface area (Å²) < 4.78 is 4.98. The summed E-state index contributed by atoms with van der Waals surface area (Å²) in [5, 5.41) is 27.2. The minimum Gasteiger partial charge on any atom is -0.466 e. The van der Waals surface area contributed by atoms with Gasteiger partial charge in [0, 0.05) is 25.0 Å². The Morgan fingerprint density at radius 1 is 1.18 bits per heavy atom. The Morgan fingerprint density at radius 3 is 2.24 bits per heavy atom. The highest BCUT2D eigenvalue weighted by atomic mass is 16.5. The van der Waals surface area contributed by atoms with Crippen molar-refractivity contribution < 1.29 is 24.9 Å². The Bertz CT molecular complexity index is 230. The second-order valence-electron chi connectivity index (χ2n) is 4.54. The van der Waals surface area contributed by atoms with Crippen LogP contribution in [0.2, 0.25) is 0 Å². The van der Waals surface area contributed by atoms with Gasteiger partial charge in [-0.05, 0) is 6.42 Å². The van der Waals surface area contributed by atoms with E-state index in [0.717, 1.165) is 19.6 Å². The lowest BCUT2D eigenvalue weighted by atomic mass is 9.88. The summed E-state index contributed by atoms with van der Waals surface area (Å²) >= 11 is 0. The van der Waals surface area contributed by atoms with Crippen molar-refractivity contribution in [2.75, 3.05) is 46.1 Å². The topological polar surface area (TPSA) is 90.0 Å². The van der Waals surface area contributed by atoms with Crippen molar-refractivity contribution in [2.24, 2.45) is 5.41 Å². The lowest BCUT2D eigenvalue weighted by molar-refractivity contribution is -0.145. The van der Waals surface area contributed by atoms with Gasteiger partial charge in [-0.2, -0.15) is 0 Å².